The van der Waals surface area contributed by atoms with Crippen LogP contribution < -0.4 is 10.2 Å². The summed E-state index contributed by atoms with van der Waals surface area (Å²) in [6.45, 7) is 5.67. The fraction of sp³-hybridized carbons (Fsp3) is 0.471. The van der Waals surface area contributed by atoms with Crippen LogP contribution in [0, 0.1) is 6.92 Å². The first-order chi connectivity index (χ1) is 12.1. The number of piperazine rings is 1. The summed E-state index contributed by atoms with van der Waals surface area (Å²) in [4.78, 5) is 26.2. The van der Waals surface area contributed by atoms with E-state index in [-0.39, 0.29) is 6.03 Å². The summed E-state index contributed by atoms with van der Waals surface area (Å²) in [6.07, 6.45) is 3.55. The van der Waals surface area contributed by atoms with Gasteiger partial charge in [0.25, 0.3) is 0 Å². The average molecular weight is 380 g/mol. The Kier molecular flexibility index (Phi) is 6.09. The highest BCUT2D eigenvalue weighted by Crippen LogP contribution is 2.16. The van der Waals surface area contributed by atoms with E-state index in [1.807, 2.05) is 29.5 Å². The molecule has 2 aromatic heterocycles. The first kappa shape index (κ1) is 17.9. The Morgan fingerprint density at radius 1 is 1.28 bits per heavy atom. The van der Waals surface area contributed by atoms with Gasteiger partial charge in [-0.15, -0.1) is 11.3 Å². The van der Waals surface area contributed by atoms with Crippen molar-refractivity contribution in [2.24, 2.45) is 0 Å². The number of aryl methyl sites for hydroxylation is 2. The number of aromatic nitrogens is 2. The van der Waals surface area contributed by atoms with Gasteiger partial charge in [0, 0.05) is 43.8 Å². The van der Waals surface area contributed by atoms with Crippen molar-refractivity contribution in [3.8, 4) is 0 Å². The lowest BCUT2D eigenvalue weighted by Gasteiger charge is -2.35. The Morgan fingerprint density at radius 2 is 2.08 bits per heavy atom. The van der Waals surface area contributed by atoms with E-state index in [9.17, 15) is 4.79 Å². The van der Waals surface area contributed by atoms with E-state index in [2.05, 4.69) is 20.2 Å². The van der Waals surface area contributed by atoms with Crippen LogP contribution in [0.4, 0.5) is 10.6 Å². The molecule has 1 N–H and O–H groups in total. The van der Waals surface area contributed by atoms with Gasteiger partial charge in [-0.2, -0.15) is 0 Å². The van der Waals surface area contributed by atoms with E-state index >= 15 is 0 Å². The van der Waals surface area contributed by atoms with E-state index in [0.717, 1.165) is 37.4 Å². The van der Waals surface area contributed by atoms with Crippen LogP contribution in [0.3, 0.4) is 0 Å². The summed E-state index contributed by atoms with van der Waals surface area (Å²) in [7, 11) is 0. The van der Waals surface area contributed by atoms with Crippen LogP contribution in [-0.2, 0) is 6.42 Å². The molecule has 8 heteroatoms. The second kappa shape index (κ2) is 8.49. The van der Waals surface area contributed by atoms with Crippen molar-refractivity contribution in [1.29, 1.82) is 0 Å². The third-order valence-electron chi connectivity index (χ3n) is 4.30. The number of nitrogens with one attached hydrogen (secondary N) is 1. The summed E-state index contributed by atoms with van der Waals surface area (Å²) in [5.74, 6) is 0.907. The molecule has 0 aromatic carbocycles. The highest BCUT2D eigenvalue weighted by molar-refractivity contribution is 7.09. The quantitative estimate of drug-likeness (QED) is 0.811. The van der Waals surface area contributed by atoms with E-state index in [1.165, 1.54) is 4.88 Å². The Bertz CT molecular complexity index is 697. The molecule has 25 heavy (non-hydrogen) atoms. The van der Waals surface area contributed by atoms with Crippen molar-refractivity contribution in [2.75, 3.05) is 37.6 Å². The molecule has 3 heterocycles. The summed E-state index contributed by atoms with van der Waals surface area (Å²) < 4.78 is 0. The zero-order chi connectivity index (χ0) is 17.6. The van der Waals surface area contributed by atoms with Gasteiger partial charge in [-0.3, -0.25) is 0 Å². The minimum Gasteiger partial charge on any atom is -0.353 e. The second-order valence-corrected chi connectivity index (χ2v) is 7.38. The number of carbonyl (C=O) groups is 1. The van der Waals surface area contributed by atoms with Gasteiger partial charge >= 0.3 is 6.03 Å². The predicted molar refractivity (Wildman–Crippen MR) is 102 cm³/mol. The Labute approximate surface area is 156 Å². The molecule has 0 atom stereocenters. The van der Waals surface area contributed by atoms with E-state index in [0.29, 0.717) is 24.7 Å². The van der Waals surface area contributed by atoms with Gasteiger partial charge < -0.3 is 15.1 Å². The fourth-order valence-electron chi connectivity index (χ4n) is 2.82. The summed E-state index contributed by atoms with van der Waals surface area (Å²) >= 11 is 7.55. The summed E-state index contributed by atoms with van der Waals surface area (Å²) in [6, 6.07) is 3.78. The molecule has 0 bridgehead atoms. The molecule has 134 valence electrons. The maximum Gasteiger partial charge on any atom is 0.317 e. The van der Waals surface area contributed by atoms with E-state index in [1.54, 1.807) is 17.5 Å². The van der Waals surface area contributed by atoms with Gasteiger partial charge in [-0.05, 0) is 31.9 Å². The Hall–Kier alpha value is -1.86. The van der Waals surface area contributed by atoms with Crippen LogP contribution in [0.2, 0.25) is 5.02 Å². The zero-order valence-corrected chi connectivity index (χ0v) is 15.8. The number of rotatable bonds is 5. The first-order valence-corrected chi connectivity index (χ1v) is 9.67. The zero-order valence-electron chi connectivity index (χ0n) is 14.2. The first-order valence-electron chi connectivity index (χ1n) is 8.42. The van der Waals surface area contributed by atoms with Crippen LogP contribution >= 0.6 is 22.9 Å². The molecule has 0 radical (unpaired) electrons. The lowest BCUT2D eigenvalue weighted by Crippen LogP contribution is -2.52. The van der Waals surface area contributed by atoms with E-state index in [4.69, 9.17) is 11.6 Å². The second-order valence-electron chi connectivity index (χ2n) is 6.01. The van der Waals surface area contributed by atoms with Crippen LogP contribution in [0.15, 0.2) is 23.8 Å². The maximum atomic E-state index is 12.3. The number of pyridine rings is 1. The minimum atomic E-state index is 0.0183. The molecule has 0 unspecified atom stereocenters. The number of hydrogen-bond donors (Lipinski definition) is 1. The number of amides is 2. The molecule has 1 saturated heterocycles. The van der Waals surface area contributed by atoms with Gasteiger partial charge in [0.15, 0.2) is 0 Å². The van der Waals surface area contributed by atoms with E-state index < -0.39 is 0 Å². The molecular weight excluding hydrogens is 358 g/mol. The van der Waals surface area contributed by atoms with Crippen molar-refractivity contribution in [1.82, 2.24) is 20.2 Å². The predicted octanol–water partition coefficient (Wildman–Crippen LogP) is 2.96. The average Bonchev–Trinajstić information content (AvgIpc) is 3.04. The van der Waals surface area contributed by atoms with Crippen molar-refractivity contribution in [2.45, 2.75) is 19.8 Å². The van der Waals surface area contributed by atoms with Crippen molar-refractivity contribution in [3.05, 3.63) is 39.4 Å². The van der Waals surface area contributed by atoms with Crippen LogP contribution in [-0.4, -0.2) is 53.6 Å². The van der Waals surface area contributed by atoms with Crippen molar-refractivity contribution in [3.63, 3.8) is 0 Å². The Balaban J connectivity index is 1.38. The third-order valence-corrected chi connectivity index (χ3v) is 5.52. The highest BCUT2D eigenvalue weighted by atomic mass is 35.5. The van der Waals surface area contributed by atoms with Crippen LogP contribution in [0.25, 0.3) is 0 Å². The molecular formula is C17H22ClN5OS. The van der Waals surface area contributed by atoms with Gasteiger partial charge in [0.1, 0.15) is 5.82 Å². The molecule has 1 aliphatic heterocycles. The van der Waals surface area contributed by atoms with Crippen molar-refractivity contribution < 1.29 is 4.79 Å². The monoisotopic (exact) mass is 379 g/mol. The number of halogens is 1. The topological polar surface area (TPSA) is 61.4 Å². The molecule has 1 aliphatic rings. The van der Waals surface area contributed by atoms with Gasteiger partial charge in [-0.25, -0.2) is 14.8 Å². The molecule has 0 saturated carbocycles. The number of urea groups is 1. The van der Waals surface area contributed by atoms with Crippen molar-refractivity contribution >= 4 is 34.8 Å². The Morgan fingerprint density at radius 3 is 2.72 bits per heavy atom. The number of thiazole rings is 1. The lowest BCUT2D eigenvalue weighted by molar-refractivity contribution is 0.194. The van der Waals surface area contributed by atoms with Gasteiger partial charge in [-0.1, -0.05) is 11.6 Å². The lowest BCUT2D eigenvalue weighted by atomic mass is 10.2. The van der Waals surface area contributed by atoms with Gasteiger partial charge in [0.2, 0.25) is 0 Å². The smallest absolute Gasteiger partial charge is 0.317 e. The standard InChI is InChI=1S/C17H22ClN5OS/c1-13-15(25-12-21-13)3-2-6-19-17(24)23-9-7-22(8-10-23)16-5-4-14(18)11-20-16/h4-5,11-12H,2-3,6-10H2,1H3,(H,19,24). The molecule has 1 fully saturated rings. The molecule has 0 spiro atoms. The van der Waals surface area contributed by atoms with Crippen LogP contribution in [0.5, 0.6) is 0 Å². The largest absolute Gasteiger partial charge is 0.353 e. The van der Waals surface area contributed by atoms with Gasteiger partial charge in [0.05, 0.1) is 16.2 Å². The molecule has 3 rings (SSSR count). The number of anilines is 1. The maximum absolute atomic E-state index is 12.3. The normalized spacial score (nSPS) is 14.6. The molecule has 6 nitrogen and oxygen atoms in total. The SMILES string of the molecule is Cc1ncsc1CCCNC(=O)N1CCN(c2ccc(Cl)cn2)CC1. The number of carbonyl (C=O) groups excluding carboxylic acids is 1. The molecule has 2 amide bonds. The minimum absolute atomic E-state index is 0.0183. The number of hydrogen-bond acceptors (Lipinski definition) is 5. The van der Waals surface area contributed by atoms with Crippen LogP contribution in [0.1, 0.15) is 17.0 Å². The number of nitrogens with zero attached hydrogens (tertiary/aromatic N) is 4. The summed E-state index contributed by atoms with van der Waals surface area (Å²) in [5.41, 5.74) is 2.97. The molecule has 0 aliphatic carbocycles. The third kappa shape index (κ3) is 4.83. The molecule has 2 aromatic rings. The fourth-order valence-corrected chi connectivity index (χ4v) is 3.75. The summed E-state index contributed by atoms with van der Waals surface area (Å²) in [5, 5.41) is 3.65. The highest BCUT2D eigenvalue weighted by Gasteiger charge is 2.21.